The number of rotatable bonds is 4. The Morgan fingerprint density at radius 1 is 1.26 bits per heavy atom. The van der Waals surface area contributed by atoms with Crippen molar-refractivity contribution in [1.82, 2.24) is 4.72 Å². The quantitative estimate of drug-likeness (QED) is 0.828. The first kappa shape index (κ1) is 12.7. The number of anilines is 1. The number of fused-ring (bicyclic) bond motifs is 1. The second-order valence-corrected chi connectivity index (χ2v) is 7.05. The molecule has 1 aromatic carbocycles. The highest BCUT2D eigenvalue weighted by Crippen LogP contribution is 2.44. The molecule has 4 nitrogen and oxygen atoms in total. The predicted molar refractivity (Wildman–Crippen MR) is 75.5 cm³/mol. The minimum absolute atomic E-state index is 0.322. The topological polar surface area (TPSA) is 58.2 Å². The highest BCUT2D eigenvalue weighted by molar-refractivity contribution is 7.89. The molecule has 0 spiro atoms. The highest BCUT2D eigenvalue weighted by atomic mass is 32.2. The van der Waals surface area contributed by atoms with Crippen molar-refractivity contribution < 1.29 is 8.42 Å². The fourth-order valence-corrected chi connectivity index (χ4v) is 3.91. The lowest BCUT2D eigenvalue weighted by Gasteiger charge is -2.41. The minimum Gasteiger partial charge on any atom is -0.381 e. The van der Waals surface area contributed by atoms with Crippen molar-refractivity contribution in [3.05, 3.63) is 36.4 Å². The van der Waals surface area contributed by atoms with Gasteiger partial charge in [-0.2, -0.15) is 0 Å². The van der Waals surface area contributed by atoms with Crippen molar-refractivity contribution >= 4 is 15.7 Å². The average molecular weight is 278 g/mol. The zero-order chi connectivity index (χ0) is 13.5. The molecule has 102 valence electrons. The number of hydrogen-bond donors (Lipinski definition) is 2. The van der Waals surface area contributed by atoms with Gasteiger partial charge >= 0.3 is 0 Å². The van der Waals surface area contributed by atoms with Crippen molar-refractivity contribution in [2.24, 2.45) is 11.8 Å². The van der Waals surface area contributed by atoms with Crippen LogP contribution in [0.15, 0.2) is 41.3 Å². The number of benzene rings is 1. The van der Waals surface area contributed by atoms with Crippen molar-refractivity contribution in [3.63, 3.8) is 0 Å². The number of para-hydroxylation sites is 1. The average Bonchev–Trinajstić information content (AvgIpc) is 2.78. The van der Waals surface area contributed by atoms with Crippen LogP contribution in [0.2, 0.25) is 0 Å². The third-order valence-corrected chi connectivity index (χ3v) is 5.62. The van der Waals surface area contributed by atoms with Gasteiger partial charge in [-0.15, -0.1) is 0 Å². The Morgan fingerprint density at radius 3 is 2.79 bits per heavy atom. The number of allylic oxidation sites excluding steroid dienone is 1. The molecular weight excluding hydrogens is 260 g/mol. The smallest absolute Gasteiger partial charge is 0.242 e. The lowest BCUT2D eigenvalue weighted by atomic mass is 9.71. The van der Waals surface area contributed by atoms with Gasteiger partial charge in [-0.05, 0) is 37.9 Å². The molecule has 0 aliphatic heterocycles. The van der Waals surface area contributed by atoms with Gasteiger partial charge in [-0.1, -0.05) is 24.3 Å². The fraction of sp³-hybridized carbons (Fsp3) is 0.429. The Labute approximate surface area is 114 Å². The molecule has 0 amide bonds. The summed E-state index contributed by atoms with van der Waals surface area (Å²) in [5.74, 6) is 1.32. The summed E-state index contributed by atoms with van der Waals surface area (Å²) in [5, 5.41) is 3.39. The molecule has 0 heterocycles. The van der Waals surface area contributed by atoms with Crippen LogP contribution in [0, 0.1) is 11.8 Å². The fourth-order valence-electron chi connectivity index (χ4n) is 3.01. The summed E-state index contributed by atoms with van der Waals surface area (Å²) in [6, 6.07) is 7.42. The largest absolute Gasteiger partial charge is 0.381 e. The zero-order valence-electron chi connectivity index (χ0n) is 10.8. The van der Waals surface area contributed by atoms with Gasteiger partial charge in [0, 0.05) is 12.0 Å². The molecule has 0 aromatic heterocycles. The third-order valence-electron chi connectivity index (χ3n) is 4.15. The molecule has 1 fully saturated rings. The molecule has 1 saturated carbocycles. The summed E-state index contributed by atoms with van der Waals surface area (Å²) in [7, 11) is -1.98. The number of nitrogens with one attached hydrogen (secondary N) is 2. The molecule has 2 N–H and O–H groups in total. The second-order valence-electron chi connectivity index (χ2n) is 5.19. The number of sulfonamides is 1. The van der Waals surface area contributed by atoms with E-state index in [1.807, 2.05) is 12.1 Å². The van der Waals surface area contributed by atoms with Crippen LogP contribution in [0.3, 0.4) is 0 Å². The van der Waals surface area contributed by atoms with Gasteiger partial charge in [0.05, 0.1) is 5.69 Å². The summed E-state index contributed by atoms with van der Waals surface area (Å²) >= 11 is 0. The first-order valence-corrected chi connectivity index (χ1v) is 8.06. The predicted octanol–water partition coefficient (Wildman–Crippen LogP) is 1.97. The van der Waals surface area contributed by atoms with Crippen molar-refractivity contribution in [2.45, 2.75) is 23.8 Å². The van der Waals surface area contributed by atoms with Crippen LogP contribution in [-0.4, -0.2) is 21.5 Å². The van der Waals surface area contributed by atoms with Gasteiger partial charge in [-0.25, -0.2) is 13.1 Å². The molecule has 3 atom stereocenters. The molecule has 2 aliphatic rings. The van der Waals surface area contributed by atoms with E-state index in [1.54, 1.807) is 12.1 Å². The monoisotopic (exact) mass is 278 g/mol. The third kappa shape index (κ3) is 2.17. The molecular formula is C14H18N2O2S. The Balaban J connectivity index is 1.84. The van der Waals surface area contributed by atoms with Crippen LogP contribution in [0.1, 0.15) is 12.8 Å². The Kier molecular flexibility index (Phi) is 3.11. The molecule has 5 heteroatoms. The van der Waals surface area contributed by atoms with Gasteiger partial charge < -0.3 is 5.32 Å². The van der Waals surface area contributed by atoms with Crippen LogP contribution in [0.4, 0.5) is 5.69 Å². The lowest BCUT2D eigenvalue weighted by molar-refractivity contribution is 0.217. The Hall–Kier alpha value is -1.33. The van der Waals surface area contributed by atoms with Gasteiger partial charge in [0.25, 0.3) is 0 Å². The zero-order valence-corrected chi connectivity index (χ0v) is 11.7. The number of hydrogen-bond acceptors (Lipinski definition) is 3. The van der Waals surface area contributed by atoms with E-state index in [1.165, 1.54) is 13.5 Å². The first-order valence-electron chi connectivity index (χ1n) is 6.57. The molecule has 2 aliphatic carbocycles. The lowest BCUT2D eigenvalue weighted by Crippen LogP contribution is -2.43. The van der Waals surface area contributed by atoms with E-state index in [0.29, 0.717) is 22.5 Å². The summed E-state index contributed by atoms with van der Waals surface area (Å²) in [5.41, 5.74) is 0.695. The van der Waals surface area contributed by atoms with E-state index in [-0.39, 0.29) is 0 Å². The summed E-state index contributed by atoms with van der Waals surface area (Å²) in [6.07, 6.45) is 6.76. The van der Waals surface area contributed by atoms with E-state index < -0.39 is 10.0 Å². The van der Waals surface area contributed by atoms with Gasteiger partial charge in [-0.3, -0.25) is 0 Å². The maximum Gasteiger partial charge on any atom is 0.242 e. The second kappa shape index (κ2) is 4.65. The molecule has 0 radical (unpaired) electrons. The van der Waals surface area contributed by atoms with E-state index in [4.69, 9.17) is 0 Å². The molecule has 0 bridgehead atoms. The van der Waals surface area contributed by atoms with Gasteiger partial charge in [0.1, 0.15) is 4.90 Å². The van der Waals surface area contributed by atoms with Crippen LogP contribution < -0.4 is 10.0 Å². The molecule has 3 rings (SSSR count). The van der Waals surface area contributed by atoms with E-state index >= 15 is 0 Å². The maximum absolute atomic E-state index is 12.0. The van der Waals surface area contributed by atoms with Crippen LogP contribution in [-0.2, 0) is 10.0 Å². The Morgan fingerprint density at radius 2 is 2.05 bits per heavy atom. The standard InChI is InChI=1S/C14H18N2O2S/c1-15-19(17,18)14-8-3-2-7-12(14)16-13-9-10-5-4-6-11(10)13/h2-4,6-8,10-11,13,15-16H,5,9H2,1H3. The summed E-state index contributed by atoms with van der Waals surface area (Å²) in [4.78, 5) is 0.322. The highest BCUT2D eigenvalue weighted by Gasteiger charge is 2.41. The SMILES string of the molecule is CNS(=O)(=O)c1ccccc1NC1CC2CC=CC21. The van der Waals surface area contributed by atoms with Crippen molar-refractivity contribution in [2.75, 3.05) is 12.4 Å². The van der Waals surface area contributed by atoms with Crippen LogP contribution in [0.5, 0.6) is 0 Å². The molecule has 0 saturated heterocycles. The van der Waals surface area contributed by atoms with Gasteiger partial charge in [0.2, 0.25) is 10.0 Å². The van der Waals surface area contributed by atoms with E-state index in [0.717, 1.165) is 12.3 Å². The first-order chi connectivity index (χ1) is 9.12. The minimum atomic E-state index is -3.41. The van der Waals surface area contributed by atoms with Crippen LogP contribution >= 0.6 is 0 Å². The van der Waals surface area contributed by atoms with Crippen LogP contribution in [0.25, 0.3) is 0 Å². The Bertz CT molecular complexity index is 610. The normalized spacial score (nSPS) is 28.8. The van der Waals surface area contributed by atoms with Gasteiger partial charge in [0.15, 0.2) is 0 Å². The van der Waals surface area contributed by atoms with Crippen molar-refractivity contribution in [1.29, 1.82) is 0 Å². The molecule has 3 unspecified atom stereocenters. The van der Waals surface area contributed by atoms with E-state index in [2.05, 4.69) is 22.2 Å². The summed E-state index contributed by atoms with van der Waals surface area (Å²) < 4.78 is 26.3. The maximum atomic E-state index is 12.0. The molecule has 19 heavy (non-hydrogen) atoms. The van der Waals surface area contributed by atoms with E-state index in [9.17, 15) is 8.42 Å². The van der Waals surface area contributed by atoms with Crippen molar-refractivity contribution in [3.8, 4) is 0 Å². The summed E-state index contributed by atoms with van der Waals surface area (Å²) in [6.45, 7) is 0. The molecule has 1 aromatic rings.